The summed E-state index contributed by atoms with van der Waals surface area (Å²) in [5.74, 6) is 0.264. The third-order valence-corrected chi connectivity index (χ3v) is 4.10. The maximum absolute atomic E-state index is 12.4. The van der Waals surface area contributed by atoms with E-state index in [9.17, 15) is 4.79 Å². The van der Waals surface area contributed by atoms with Gasteiger partial charge >= 0.3 is 0 Å². The van der Waals surface area contributed by atoms with E-state index in [1.807, 2.05) is 30.9 Å². The van der Waals surface area contributed by atoms with Crippen molar-refractivity contribution in [2.24, 2.45) is 12.5 Å². The van der Waals surface area contributed by atoms with Gasteiger partial charge < -0.3 is 4.57 Å². The Hall–Kier alpha value is -1.84. The molecule has 1 aliphatic rings. The fourth-order valence-corrected chi connectivity index (χ4v) is 3.29. The predicted octanol–water partition coefficient (Wildman–Crippen LogP) is 2.98. The highest BCUT2D eigenvalue weighted by atomic mass is 16.1. The second kappa shape index (κ2) is 4.08. The van der Waals surface area contributed by atoms with Crippen LogP contribution < -0.4 is 0 Å². The van der Waals surface area contributed by atoms with Crippen molar-refractivity contribution in [3.63, 3.8) is 0 Å². The molecule has 2 aromatic heterocycles. The van der Waals surface area contributed by atoms with E-state index in [4.69, 9.17) is 0 Å². The summed E-state index contributed by atoms with van der Waals surface area (Å²) in [5, 5.41) is 4.42. The van der Waals surface area contributed by atoms with Crippen LogP contribution in [0.2, 0.25) is 0 Å². The average Bonchev–Trinajstić information content (AvgIpc) is 2.77. The van der Waals surface area contributed by atoms with E-state index in [1.54, 1.807) is 0 Å². The van der Waals surface area contributed by atoms with Gasteiger partial charge in [-0.25, -0.2) is 0 Å². The molecule has 0 fully saturated rings. The molecule has 106 valence electrons. The number of fused-ring (bicyclic) bond motifs is 1. The van der Waals surface area contributed by atoms with Gasteiger partial charge in [0.1, 0.15) is 0 Å². The van der Waals surface area contributed by atoms with Gasteiger partial charge in [-0.05, 0) is 31.7 Å². The SMILES string of the molecule is Cc1nn(C)cc1-n1c(C)cc2c1CC(C)(C)CC2=O. The fourth-order valence-electron chi connectivity index (χ4n) is 3.29. The third kappa shape index (κ3) is 1.90. The summed E-state index contributed by atoms with van der Waals surface area (Å²) in [6.45, 7) is 8.40. The van der Waals surface area contributed by atoms with Crippen molar-refractivity contribution in [3.05, 3.63) is 34.9 Å². The maximum atomic E-state index is 12.4. The lowest BCUT2D eigenvalue weighted by Crippen LogP contribution is -2.27. The van der Waals surface area contributed by atoms with E-state index in [0.717, 1.165) is 34.8 Å². The monoisotopic (exact) mass is 271 g/mol. The van der Waals surface area contributed by atoms with Crippen LogP contribution in [0.25, 0.3) is 5.69 Å². The highest BCUT2D eigenvalue weighted by molar-refractivity contribution is 5.99. The third-order valence-electron chi connectivity index (χ3n) is 4.10. The number of Topliss-reactive ketones (excluding diaryl/α,β-unsaturated/α-hetero) is 1. The van der Waals surface area contributed by atoms with Crippen molar-refractivity contribution in [1.82, 2.24) is 14.3 Å². The van der Waals surface area contributed by atoms with Gasteiger partial charge in [-0.3, -0.25) is 9.48 Å². The quantitative estimate of drug-likeness (QED) is 0.800. The second-order valence-electron chi connectivity index (χ2n) is 6.70. The lowest BCUT2D eigenvalue weighted by Gasteiger charge is -2.29. The molecule has 2 aromatic rings. The normalized spacial score (nSPS) is 17.4. The van der Waals surface area contributed by atoms with Crippen LogP contribution in [0.3, 0.4) is 0 Å². The average molecular weight is 271 g/mol. The summed E-state index contributed by atoms with van der Waals surface area (Å²) in [6, 6.07) is 2.03. The van der Waals surface area contributed by atoms with E-state index in [-0.39, 0.29) is 11.2 Å². The molecule has 3 rings (SSSR count). The number of nitrogens with zero attached hydrogens (tertiary/aromatic N) is 3. The molecule has 0 amide bonds. The highest BCUT2D eigenvalue weighted by Crippen LogP contribution is 2.37. The molecule has 0 bridgehead atoms. The van der Waals surface area contributed by atoms with Gasteiger partial charge in [0, 0.05) is 36.6 Å². The molecule has 20 heavy (non-hydrogen) atoms. The topological polar surface area (TPSA) is 39.8 Å². The minimum atomic E-state index is 0.0305. The number of carbonyl (C=O) groups excluding carboxylic acids is 1. The van der Waals surface area contributed by atoms with Gasteiger partial charge in [-0.2, -0.15) is 5.10 Å². The molecule has 1 aliphatic carbocycles. The zero-order valence-corrected chi connectivity index (χ0v) is 12.8. The van der Waals surface area contributed by atoms with E-state index in [0.29, 0.717) is 6.42 Å². The number of carbonyl (C=O) groups is 1. The van der Waals surface area contributed by atoms with Crippen LogP contribution in [0.4, 0.5) is 0 Å². The predicted molar refractivity (Wildman–Crippen MR) is 78.4 cm³/mol. The first-order valence-corrected chi connectivity index (χ1v) is 7.03. The first-order chi connectivity index (χ1) is 9.28. The van der Waals surface area contributed by atoms with Crippen molar-refractivity contribution in [1.29, 1.82) is 0 Å². The van der Waals surface area contributed by atoms with Crippen LogP contribution in [-0.2, 0) is 13.5 Å². The fraction of sp³-hybridized carbons (Fsp3) is 0.500. The minimum absolute atomic E-state index is 0.0305. The summed E-state index contributed by atoms with van der Waals surface area (Å²) in [4.78, 5) is 12.4. The number of aromatic nitrogens is 3. The number of aryl methyl sites for hydroxylation is 3. The first kappa shape index (κ1) is 13.2. The van der Waals surface area contributed by atoms with E-state index in [2.05, 4.69) is 30.4 Å². The molecule has 0 spiro atoms. The van der Waals surface area contributed by atoms with Gasteiger partial charge in [0.25, 0.3) is 0 Å². The molecule has 4 nitrogen and oxygen atoms in total. The summed E-state index contributed by atoms with van der Waals surface area (Å²) >= 11 is 0. The lowest BCUT2D eigenvalue weighted by molar-refractivity contribution is 0.0911. The smallest absolute Gasteiger partial charge is 0.165 e. The maximum Gasteiger partial charge on any atom is 0.165 e. The number of hydrogen-bond acceptors (Lipinski definition) is 2. The van der Waals surface area contributed by atoms with Crippen molar-refractivity contribution in [3.8, 4) is 5.69 Å². The Balaban J connectivity index is 2.24. The summed E-state index contributed by atoms with van der Waals surface area (Å²) in [6.07, 6.45) is 3.58. The van der Waals surface area contributed by atoms with Crippen LogP contribution in [0, 0.1) is 19.3 Å². The molecule has 0 saturated carbocycles. The molecule has 0 aliphatic heterocycles. The van der Waals surface area contributed by atoms with Crippen molar-refractivity contribution >= 4 is 5.78 Å². The molecule has 0 radical (unpaired) electrons. The molecular formula is C16H21N3O. The number of hydrogen-bond donors (Lipinski definition) is 0. The zero-order valence-electron chi connectivity index (χ0n) is 12.8. The van der Waals surface area contributed by atoms with Crippen LogP contribution in [0.5, 0.6) is 0 Å². The van der Waals surface area contributed by atoms with Crippen molar-refractivity contribution < 1.29 is 4.79 Å². The Bertz CT molecular complexity index is 704. The van der Waals surface area contributed by atoms with Gasteiger partial charge in [-0.1, -0.05) is 13.8 Å². The van der Waals surface area contributed by atoms with E-state index < -0.39 is 0 Å². The Morgan fingerprint density at radius 1 is 1.25 bits per heavy atom. The molecule has 0 N–H and O–H groups in total. The summed E-state index contributed by atoms with van der Waals surface area (Å²) in [5.41, 5.74) is 5.24. The molecule has 0 aromatic carbocycles. The highest BCUT2D eigenvalue weighted by Gasteiger charge is 2.34. The summed E-state index contributed by atoms with van der Waals surface area (Å²) < 4.78 is 4.03. The van der Waals surface area contributed by atoms with Crippen LogP contribution in [-0.4, -0.2) is 20.1 Å². The summed E-state index contributed by atoms with van der Waals surface area (Å²) in [7, 11) is 1.93. The molecular weight excluding hydrogens is 250 g/mol. The molecule has 0 saturated heterocycles. The Morgan fingerprint density at radius 3 is 2.55 bits per heavy atom. The molecule has 0 atom stereocenters. The van der Waals surface area contributed by atoms with E-state index in [1.165, 1.54) is 0 Å². The van der Waals surface area contributed by atoms with Crippen LogP contribution in [0.15, 0.2) is 12.3 Å². The van der Waals surface area contributed by atoms with Crippen molar-refractivity contribution in [2.75, 3.05) is 0 Å². The van der Waals surface area contributed by atoms with Gasteiger partial charge in [-0.15, -0.1) is 0 Å². The number of ketones is 1. The Morgan fingerprint density at radius 2 is 1.95 bits per heavy atom. The lowest BCUT2D eigenvalue weighted by atomic mass is 9.76. The van der Waals surface area contributed by atoms with Gasteiger partial charge in [0.2, 0.25) is 0 Å². The molecule has 4 heteroatoms. The van der Waals surface area contributed by atoms with Gasteiger partial charge in [0.05, 0.1) is 11.4 Å². The van der Waals surface area contributed by atoms with Crippen LogP contribution >= 0.6 is 0 Å². The molecule has 2 heterocycles. The molecule has 0 unspecified atom stereocenters. The van der Waals surface area contributed by atoms with Gasteiger partial charge in [0.15, 0.2) is 5.78 Å². The second-order valence-corrected chi connectivity index (χ2v) is 6.70. The van der Waals surface area contributed by atoms with Crippen LogP contribution in [0.1, 0.15) is 47.7 Å². The number of rotatable bonds is 1. The standard InChI is InChI=1S/C16H21N3O/c1-10-6-12-13(7-16(3,4)8-15(12)20)19(10)14-9-18(5)17-11(14)2/h6,9H,7-8H2,1-5H3. The van der Waals surface area contributed by atoms with Crippen molar-refractivity contribution in [2.45, 2.75) is 40.5 Å². The Labute approximate surface area is 119 Å². The minimum Gasteiger partial charge on any atom is -0.314 e. The Kier molecular flexibility index (Phi) is 2.68. The largest absolute Gasteiger partial charge is 0.314 e. The zero-order chi connectivity index (χ0) is 14.7. The van der Waals surface area contributed by atoms with E-state index >= 15 is 0 Å². The first-order valence-electron chi connectivity index (χ1n) is 7.03.